The second-order valence-electron chi connectivity index (χ2n) is 6.83. The molecular formula is C18H28Cl2N4O. The molecule has 140 valence electrons. The van der Waals surface area contributed by atoms with Crippen molar-refractivity contribution >= 4 is 41.8 Å². The van der Waals surface area contributed by atoms with Gasteiger partial charge in [0.15, 0.2) is 0 Å². The average Bonchev–Trinajstić information content (AvgIpc) is 3.19. The number of aromatic amines is 1. The van der Waals surface area contributed by atoms with Crippen molar-refractivity contribution in [1.82, 2.24) is 20.6 Å². The summed E-state index contributed by atoms with van der Waals surface area (Å²) >= 11 is 0. The Morgan fingerprint density at radius 3 is 2.72 bits per heavy atom. The minimum atomic E-state index is -0.0726. The summed E-state index contributed by atoms with van der Waals surface area (Å²) in [6.45, 7) is 6.35. The molecule has 3 N–H and O–H groups in total. The molecule has 2 atom stereocenters. The molecular weight excluding hydrogens is 359 g/mol. The average molecular weight is 387 g/mol. The smallest absolute Gasteiger partial charge is 0.220 e. The molecule has 25 heavy (non-hydrogen) atoms. The Labute approximate surface area is 161 Å². The first kappa shape index (κ1) is 21.7. The Bertz CT molecular complexity index is 635. The van der Waals surface area contributed by atoms with Crippen LogP contribution in [0, 0.1) is 11.8 Å². The lowest BCUT2D eigenvalue weighted by molar-refractivity contribution is -0.122. The highest BCUT2D eigenvalue weighted by molar-refractivity contribution is 5.85. The van der Waals surface area contributed by atoms with E-state index in [1.54, 1.807) is 0 Å². The normalized spacial score (nSPS) is 17.8. The van der Waals surface area contributed by atoms with Crippen molar-refractivity contribution in [3.8, 4) is 0 Å². The van der Waals surface area contributed by atoms with Crippen LogP contribution in [-0.4, -0.2) is 29.0 Å². The molecule has 1 amide bonds. The number of benzene rings is 1. The number of carbonyl (C=O) groups is 1. The molecule has 1 fully saturated rings. The van der Waals surface area contributed by atoms with E-state index in [0.29, 0.717) is 12.3 Å². The van der Waals surface area contributed by atoms with E-state index >= 15 is 0 Å². The number of hydrogen-bond donors (Lipinski definition) is 3. The Hall–Kier alpha value is -1.30. The summed E-state index contributed by atoms with van der Waals surface area (Å²) in [5.41, 5.74) is 1.96. The number of imidazole rings is 1. The van der Waals surface area contributed by atoms with Gasteiger partial charge in [0, 0.05) is 6.42 Å². The van der Waals surface area contributed by atoms with Crippen LogP contribution in [0.2, 0.25) is 0 Å². The van der Waals surface area contributed by atoms with Gasteiger partial charge in [0.25, 0.3) is 0 Å². The SMILES string of the molecule is CC(C)C(NC(=O)CCC1CCNC1)c1nc2ccccc2[nH]1.Cl.Cl. The van der Waals surface area contributed by atoms with Crippen LogP contribution in [0.3, 0.4) is 0 Å². The molecule has 0 saturated carbocycles. The molecule has 0 radical (unpaired) electrons. The number of hydrogen-bond acceptors (Lipinski definition) is 3. The van der Waals surface area contributed by atoms with E-state index in [9.17, 15) is 4.79 Å². The number of carbonyl (C=O) groups excluding carboxylic acids is 1. The van der Waals surface area contributed by atoms with Crippen LogP contribution >= 0.6 is 24.8 Å². The van der Waals surface area contributed by atoms with Gasteiger partial charge in [-0.25, -0.2) is 4.98 Å². The Kier molecular flexibility index (Phi) is 8.69. The zero-order chi connectivity index (χ0) is 16.2. The lowest BCUT2D eigenvalue weighted by Crippen LogP contribution is -2.32. The predicted molar refractivity (Wildman–Crippen MR) is 107 cm³/mol. The molecule has 2 aromatic rings. The van der Waals surface area contributed by atoms with Gasteiger partial charge >= 0.3 is 0 Å². The molecule has 3 rings (SSSR count). The third-order valence-electron chi connectivity index (χ3n) is 4.63. The van der Waals surface area contributed by atoms with E-state index in [4.69, 9.17) is 0 Å². The van der Waals surface area contributed by atoms with Gasteiger partial charge in [0.1, 0.15) is 5.82 Å². The highest BCUT2D eigenvalue weighted by Crippen LogP contribution is 2.23. The number of fused-ring (bicyclic) bond motifs is 1. The third kappa shape index (κ3) is 5.59. The van der Waals surface area contributed by atoms with Gasteiger partial charge in [-0.2, -0.15) is 0 Å². The third-order valence-corrected chi connectivity index (χ3v) is 4.63. The molecule has 0 bridgehead atoms. The van der Waals surface area contributed by atoms with E-state index in [1.807, 2.05) is 24.3 Å². The van der Waals surface area contributed by atoms with E-state index < -0.39 is 0 Å². The zero-order valence-corrected chi connectivity index (χ0v) is 16.4. The molecule has 2 heterocycles. The number of rotatable bonds is 6. The van der Waals surface area contributed by atoms with Gasteiger partial charge in [-0.05, 0) is 49.9 Å². The Morgan fingerprint density at radius 2 is 2.08 bits per heavy atom. The van der Waals surface area contributed by atoms with Crippen molar-refractivity contribution in [3.05, 3.63) is 30.1 Å². The summed E-state index contributed by atoms with van der Waals surface area (Å²) in [7, 11) is 0. The fourth-order valence-electron chi connectivity index (χ4n) is 3.21. The number of halogens is 2. The van der Waals surface area contributed by atoms with Gasteiger partial charge in [-0.3, -0.25) is 4.79 Å². The van der Waals surface area contributed by atoms with Crippen LogP contribution in [-0.2, 0) is 4.79 Å². The highest BCUT2D eigenvalue weighted by atomic mass is 35.5. The molecule has 1 aliphatic heterocycles. The topological polar surface area (TPSA) is 69.8 Å². The summed E-state index contributed by atoms with van der Waals surface area (Å²) in [6.07, 6.45) is 2.74. The van der Waals surface area contributed by atoms with Gasteiger partial charge in [-0.15, -0.1) is 24.8 Å². The maximum Gasteiger partial charge on any atom is 0.220 e. The van der Waals surface area contributed by atoms with Crippen molar-refractivity contribution in [3.63, 3.8) is 0 Å². The quantitative estimate of drug-likeness (QED) is 0.709. The molecule has 1 aromatic heterocycles. The number of amides is 1. The van der Waals surface area contributed by atoms with Crippen molar-refractivity contribution in [2.45, 2.75) is 39.2 Å². The first-order chi connectivity index (χ1) is 11.1. The molecule has 0 spiro atoms. The standard InChI is InChI=1S/C18H26N4O.2ClH/c1-12(2)17(18-20-14-5-3-4-6-15(14)21-18)22-16(23)8-7-13-9-10-19-11-13;;/h3-6,12-13,17,19H,7-11H2,1-2H3,(H,20,21)(H,22,23);2*1H. The number of aromatic nitrogens is 2. The van der Waals surface area contributed by atoms with Crippen LogP contribution in [0.5, 0.6) is 0 Å². The fourth-order valence-corrected chi connectivity index (χ4v) is 3.21. The maximum absolute atomic E-state index is 12.3. The molecule has 2 unspecified atom stereocenters. The van der Waals surface area contributed by atoms with Gasteiger partial charge in [0.05, 0.1) is 17.1 Å². The lowest BCUT2D eigenvalue weighted by Gasteiger charge is -2.20. The summed E-state index contributed by atoms with van der Waals surface area (Å²) in [5.74, 6) is 1.89. The minimum Gasteiger partial charge on any atom is -0.346 e. The first-order valence-electron chi connectivity index (χ1n) is 8.58. The number of para-hydroxylation sites is 2. The molecule has 7 heteroatoms. The second-order valence-corrected chi connectivity index (χ2v) is 6.83. The number of H-pyrrole nitrogens is 1. The van der Waals surface area contributed by atoms with Gasteiger partial charge in [0.2, 0.25) is 5.91 Å². The largest absolute Gasteiger partial charge is 0.346 e. The van der Waals surface area contributed by atoms with E-state index in [2.05, 4.69) is 34.4 Å². The predicted octanol–water partition coefficient (Wildman–Crippen LogP) is 3.61. The van der Waals surface area contributed by atoms with Crippen LogP contribution in [0.1, 0.15) is 45.0 Å². The van der Waals surface area contributed by atoms with E-state index in [0.717, 1.165) is 36.4 Å². The van der Waals surface area contributed by atoms with Crippen LogP contribution < -0.4 is 10.6 Å². The zero-order valence-electron chi connectivity index (χ0n) is 14.7. The van der Waals surface area contributed by atoms with Crippen molar-refractivity contribution in [1.29, 1.82) is 0 Å². The van der Waals surface area contributed by atoms with Crippen molar-refractivity contribution in [2.75, 3.05) is 13.1 Å². The summed E-state index contributed by atoms with van der Waals surface area (Å²) in [5, 5.41) is 6.51. The van der Waals surface area contributed by atoms with Gasteiger partial charge in [-0.1, -0.05) is 26.0 Å². The fraction of sp³-hybridized carbons (Fsp3) is 0.556. The molecule has 5 nitrogen and oxygen atoms in total. The van der Waals surface area contributed by atoms with Crippen LogP contribution in [0.15, 0.2) is 24.3 Å². The summed E-state index contributed by atoms with van der Waals surface area (Å²) < 4.78 is 0. The summed E-state index contributed by atoms with van der Waals surface area (Å²) in [4.78, 5) is 20.3. The minimum absolute atomic E-state index is 0. The molecule has 0 aliphatic carbocycles. The monoisotopic (exact) mass is 386 g/mol. The molecule has 1 aliphatic rings. The molecule has 1 aromatic carbocycles. The van der Waals surface area contributed by atoms with Crippen molar-refractivity contribution in [2.24, 2.45) is 11.8 Å². The van der Waals surface area contributed by atoms with Crippen LogP contribution in [0.4, 0.5) is 0 Å². The maximum atomic E-state index is 12.3. The van der Waals surface area contributed by atoms with Crippen LogP contribution in [0.25, 0.3) is 11.0 Å². The van der Waals surface area contributed by atoms with Gasteiger partial charge < -0.3 is 15.6 Å². The number of nitrogens with zero attached hydrogens (tertiary/aromatic N) is 1. The summed E-state index contributed by atoms with van der Waals surface area (Å²) in [6, 6.07) is 7.89. The van der Waals surface area contributed by atoms with E-state index in [-0.39, 0.29) is 42.7 Å². The van der Waals surface area contributed by atoms with Crippen molar-refractivity contribution < 1.29 is 4.79 Å². The number of nitrogens with one attached hydrogen (secondary N) is 3. The first-order valence-corrected chi connectivity index (χ1v) is 8.58. The Morgan fingerprint density at radius 1 is 1.32 bits per heavy atom. The second kappa shape index (κ2) is 10.00. The highest BCUT2D eigenvalue weighted by Gasteiger charge is 2.22. The van der Waals surface area contributed by atoms with E-state index in [1.165, 1.54) is 6.42 Å². The lowest BCUT2D eigenvalue weighted by atomic mass is 10.0. The molecule has 1 saturated heterocycles. The Balaban J connectivity index is 0.00000156.